The summed E-state index contributed by atoms with van der Waals surface area (Å²) in [5.74, 6) is 0.918. The van der Waals surface area contributed by atoms with E-state index in [1.165, 1.54) is 25.8 Å². The fourth-order valence-electron chi connectivity index (χ4n) is 2.05. The lowest BCUT2D eigenvalue weighted by molar-refractivity contribution is 0.167. The van der Waals surface area contributed by atoms with Crippen molar-refractivity contribution < 1.29 is 4.42 Å². The van der Waals surface area contributed by atoms with Crippen LogP contribution < -0.4 is 5.32 Å². The minimum absolute atomic E-state index is 0.612. The summed E-state index contributed by atoms with van der Waals surface area (Å²) in [5.41, 5.74) is 0. The van der Waals surface area contributed by atoms with Crippen LogP contribution in [0.15, 0.2) is 17.0 Å². The zero-order valence-corrected chi connectivity index (χ0v) is 9.44. The molecule has 2 unspecified atom stereocenters. The fraction of sp³-hybridized carbons (Fsp3) is 0.727. The Bertz CT molecular complexity index is 286. The van der Waals surface area contributed by atoms with Gasteiger partial charge in [0, 0.05) is 12.1 Å². The highest BCUT2D eigenvalue weighted by Crippen LogP contribution is 2.15. The molecule has 1 aromatic rings. The van der Waals surface area contributed by atoms with Gasteiger partial charge in [0.15, 0.2) is 6.39 Å². The van der Waals surface area contributed by atoms with E-state index in [1.54, 1.807) is 6.20 Å². The van der Waals surface area contributed by atoms with Crippen molar-refractivity contribution in [3.63, 3.8) is 0 Å². The van der Waals surface area contributed by atoms with Crippen molar-refractivity contribution in [2.75, 3.05) is 13.6 Å². The summed E-state index contributed by atoms with van der Waals surface area (Å²) < 4.78 is 5.19. The number of aromatic nitrogens is 1. The van der Waals surface area contributed by atoms with E-state index < -0.39 is 0 Å². The van der Waals surface area contributed by atoms with Gasteiger partial charge in [-0.15, -0.1) is 0 Å². The Morgan fingerprint density at radius 3 is 3.20 bits per heavy atom. The van der Waals surface area contributed by atoms with Crippen LogP contribution in [-0.4, -0.2) is 35.6 Å². The van der Waals surface area contributed by atoms with E-state index in [2.05, 4.69) is 29.2 Å². The first-order valence-electron chi connectivity index (χ1n) is 5.56. The Kier molecular flexibility index (Phi) is 3.38. The van der Waals surface area contributed by atoms with E-state index in [9.17, 15) is 0 Å². The first-order chi connectivity index (χ1) is 7.25. The third kappa shape index (κ3) is 2.79. The Balaban J connectivity index is 1.76. The van der Waals surface area contributed by atoms with Crippen LogP contribution in [0.25, 0.3) is 0 Å². The molecule has 1 saturated heterocycles. The molecule has 1 aromatic heterocycles. The van der Waals surface area contributed by atoms with Gasteiger partial charge in [-0.1, -0.05) is 0 Å². The van der Waals surface area contributed by atoms with E-state index in [0.717, 1.165) is 12.3 Å². The molecular formula is C11H19N3O. The van der Waals surface area contributed by atoms with Crippen LogP contribution in [0.2, 0.25) is 0 Å². The number of nitrogens with zero attached hydrogens (tertiary/aromatic N) is 2. The molecule has 1 aliphatic heterocycles. The van der Waals surface area contributed by atoms with Gasteiger partial charge in [-0.2, -0.15) is 0 Å². The first-order valence-corrected chi connectivity index (χ1v) is 5.56. The number of oxazole rings is 1. The van der Waals surface area contributed by atoms with Crippen molar-refractivity contribution in [2.24, 2.45) is 0 Å². The molecule has 2 rings (SSSR count). The van der Waals surface area contributed by atoms with Crippen LogP contribution in [0.3, 0.4) is 0 Å². The Labute approximate surface area is 90.7 Å². The molecule has 0 aromatic carbocycles. The highest BCUT2D eigenvalue weighted by Gasteiger charge is 2.22. The Hall–Kier alpha value is -0.870. The molecule has 2 heterocycles. The van der Waals surface area contributed by atoms with Crippen LogP contribution in [0.4, 0.5) is 0 Å². The Morgan fingerprint density at radius 2 is 2.53 bits per heavy atom. The lowest BCUT2D eigenvalue weighted by Crippen LogP contribution is -2.45. The molecule has 0 aliphatic carbocycles. The van der Waals surface area contributed by atoms with Crippen LogP contribution in [0.5, 0.6) is 0 Å². The normalized spacial score (nSPS) is 28.1. The zero-order chi connectivity index (χ0) is 10.7. The van der Waals surface area contributed by atoms with Gasteiger partial charge in [-0.05, 0) is 33.4 Å². The van der Waals surface area contributed by atoms with E-state index in [-0.39, 0.29) is 0 Å². The maximum absolute atomic E-state index is 5.19. The van der Waals surface area contributed by atoms with Crippen molar-refractivity contribution in [2.45, 2.75) is 38.4 Å². The third-order valence-corrected chi connectivity index (χ3v) is 3.26. The van der Waals surface area contributed by atoms with Crippen molar-refractivity contribution in [1.82, 2.24) is 15.2 Å². The van der Waals surface area contributed by atoms with Gasteiger partial charge in [0.25, 0.3) is 0 Å². The van der Waals surface area contributed by atoms with E-state index >= 15 is 0 Å². The van der Waals surface area contributed by atoms with E-state index in [4.69, 9.17) is 4.42 Å². The molecule has 4 heteroatoms. The summed E-state index contributed by atoms with van der Waals surface area (Å²) >= 11 is 0. The molecule has 15 heavy (non-hydrogen) atoms. The van der Waals surface area contributed by atoms with Gasteiger partial charge in [0.05, 0.1) is 12.7 Å². The number of nitrogens with one attached hydrogen (secondary N) is 1. The van der Waals surface area contributed by atoms with Crippen molar-refractivity contribution in [3.05, 3.63) is 18.4 Å². The number of piperidine rings is 1. The number of rotatable bonds is 3. The van der Waals surface area contributed by atoms with Gasteiger partial charge >= 0.3 is 0 Å². The molecule has 2 atom stereocenters. The van der Waals surface area contributed by atoms with E-state index in [1.807, 2.05) is 0 Å². The standard InChI is InChI=1S/C11H19N3O/c1-9-5-10(3-4-14(9)2)13-7-11-6-12-8-15-11/h6,8-10,13H,3-5,7H2,1-2H3. The summed E-state index contributed by atoms with van der Waals surface area (Å²) in [4.78, 5) is 6.31. The minimum atomic E-state index is 0.612. The van der Waals surface area contributed by atoms with Gasteiger partial charge in [0.1, 0.15) is 5.76 Å². The predicted molar refractivity (Wildman–Crippen MR) is 58.5 cm³/mol. The van der Waals surface area contributed by atoms with Crippen molar-refractivity contribution >= 4 is 0 Å². The topological polar surface area (TPSA) is 41.3 Å². The molecule has 0 spiro atoms. The number of hydrogen-bond acceptors (Lipinski definition) is 4. The summed E-state index contributed by atoms with van der Waals surface area (Å²) in [6.45, 7) is 4.25. The smallest absolute Gasteiger partial charge is 0.180 e. The monoisotopic (exact) mass is 209 g/mol. The maximum atomic E-state index is 5.19. The number of hydrogen-bond donors (Lipinski definition) is 1. The summed E-state index contributed by atoms with van der Waals surface area (Å²) in [6.07, 6.45) is 5.68. The van der Waals surface area contributed by atoms with Gasteiger partial charge < -0.3 is 14.6 Å². The summed E-state index contributed by atoms with van der Waals surface area (Å²) in [5, 5.41) is 3.51. The van der Waals surface area contributed by atoms with Crippen LogP contribution >= 0.6 is 0 Å². The molecule has 0 amide bonds. The molecule has 1 N–H and O–H groups in total. The molecule has 4 nitrogen and oxygen atoms in total. The first kappa shape index (κ1) is 10.6. The highest BCUT2D eigenvalue weighted by molar-refractivity contribution is 4.89. The maximum Gasteiger partial charge on any atom is 0.180 e. The second kappa shape index (κ2) is 4.77. The fourth-order valence-corrected chi connectivity index (χ4v) is 2.05. The minimum Gasteiger partial charge on any atom is -0.447 e. The van der Waals surface area contributed by atoms with Crippen molar-refractivity contribution in [3.8, 4) is 0 Å². The lowest BCUT2D eigenvalue weighted by atomic mass is 9.99. The largest absolute Gasteiger partial charge is 0.447 e. The molecule has 0 radical (unpaired) electrons. The SMILES string of the molecule is CC1CC(NCc2cnco2)CCN1C. The van der Waals surface area contributed by atoms with Crippen LogP contribution in [0.1, 0.15) is 25.5 Å². The molecule has 1 fully saturated rings. The highest BCUT2D eigenvalue weighted by atomic mass is 16.3. The molecule has 84 valence electrons. The second-order valence-electron chi connectivity index (χ2n) is 4.40. The molecule has 1 aliphatic rings. The molecule has 0 saturated carbocycles. The zero-order valence-electron chi connectivity index (χ0n) is 9.44. The average molecular weight is 209 g/mol. The number of likely N-dealkylation sites (tertiary alicyclic amines) is 1. The quantitative estimate of drug-likeness (QED) is 0.813. The molecular weight excluding hydrogens is 190 g/mol. The third-order valence-electron chi connectivity index (χ3n) is 3.26. The van der Waals surface area contributed by atoms with Crippen molar-refractivity contribution in [1.29, 1.82) is 0 Å². The lowest BCUT2D eigenvalue weighted by Gasteiger charge is -2.35. The second-order valence-corrected chi connectivity index (χ2v) is 4.40. The predicted octanol–water partition coefficient (Wildman–Crippen LogP) is 1.25. The van der Waals surface area contributed by atoms with Crippen LogP contribution in [0, 0.1) is 0 Å². The van der Waals surface area contributed by atoms with E-state index in [0.29, 0.717) is 12.1 Å². The molecule has 0 bridgehead atoms. The van der Waals surface area contributed by atoms with Gasteiger partial charge in [-0.3, -0.25) is 0 Å². The van der Waals surface area contributed by atoms with Gasteiger partial charge in [0.2, 0.25) is 0 Å². The van der Waals surface area contributed by atoms with Gasteiger partial charge in [-0.25, -0.2) is 4.98 Å². The Morgan fingerprint density at radius 1 is 1.67 bits per heavy atom. The summed E-state index contributed by atoms with van der Waals surface area (Å²) in [7, 11) is 2.19. The van der Waals surface area contributed by atoms with Crippen LogP contribution in [-0.2, 0) is 6.54 Å². The summed E-state index contributed by atoms with van der Waals surface area (Å²) in [6, 6.07) is 1.28. The average Bonchev–Trinajstić information content (AvgIpc) is 2.73.